The van der Waals surface area contributed by atoms with Crippen LogP contribution in [-0.2, 0) is 6.54 Å². The van der Waals surface area contributed by atoms with Crippen molar-refractivity contribution < 1.29 is 22.6 Å². The average molecular weight is 303 g/mol. The zero-order valence-corrected chi connectivity index (χ0v) is 12.0. The van der Waals surface area contributed by atoms with Gasteiger partial charge in [-0.2, -0.15) is 13.2 Å². The van der Waals surface area contributed by atoms with Gasteiger partial charge in [0.1, 0.15) is 13.2 Å². The largest absolute Gasteiger partial charge is 0.486 e. The Balaban J connectivity index is 1.75. The lowest BCUT2D eigenvalue weighted by Gasteiger charge is -2.19. The highest BCUT2D eigenvalue weighted by Gasteiger charge is 2.26. The van der Waals surface area contributed by atoms with Gasteiger partial charge in [0.2, 0.25) is 0 Å². The van der Waals surface area contributed by atoms with Crippen molar-refractivity contribution in [2.45, 2.75) is 44.9 Å². The minimum Gasteiger partial charge on any atom is -0.486 e. The molecular weight excluding hydrogens is 283 g/mol. The maximum Gasteiger partial charge on any atom is 0.389 e. The van der Waals surface area contributed by atoms with Crippen molar-refractivity contribution in [1.29, 1.82) is 0 Å². The van der Waals surface area contributed by atoms with E-state index < -0.39 is 12.6 Å². The molecule has 0 amide bonds. The van der Waals surface area contributed by atoms with E-state index in [1.54, 1.807) is 0 Å². The van der Waals surface area contributed by atoms with Gasteiger partial charge >= 0.3 is 6.18 Å². The molecule has 2 rings (SSSR count). The second-order valence-corrected chi connectivity index (χ2v) is 5.27. The van der Waals surface area contributed by atoms with Crippen LogP contribution in [0.4, 0.5) is 13.2 Å². The van der Waals surface area contributed by atoms with Crippen molar-refractivity contribution >= 4 is 0 Å². The maximum atomic E-state index is 12.1. The van der Waals surface area contributed by atoms with Crippen molar-refractivity contribution in [2.24, 2.45) is 0 Å². The molecule has 1 aliphatic heterocycles. The quantitative estimate of drug-likeness (QED) is 0.870. The SMILES string of the molecule is CC(CCCC(F)(F)F)NCc1ccc2c(c1)OCCO2. The van der Waals surface area contributed by atoms with Gasteiger partial charge in [-0.25, -0.2) is 0 Å². The summed E-state index contributed by atoms with van der Waals surface area (Å²) in [5.74, 6) is 1.47. The fourth-order valence-electron chi connectivity index (χ4n) is 2.20. The van der Waals surface area contributed by atoms with Crippen LogP contribution in [0.2, 0.25) is 0 Å². The summed E-state index contributed by atoms with van der Waals surface area (Å²) >= 11 is 0. The molecule has 1 atom stereocenters. The van der Waals surface area contributed by atoms with E-state index in [9.17, 15) is 13.2 Å². The predicted molar refractivity (Wildman–Crippen MR) is 73.6 cm³/mol. The van der Waals surface area contributed by atoms with Crippen molar-refractivity contribution in [3.8, 4) is 11.5 Å². The van der Waals surface area contributed by atoms with E-state index in [0.717, 1.165) is 17.1 Å². The molecule has 1 heterocycles. The lowest BCUT2D eigenvalue weighted by atomic mass is 10.1. The van der Waals surface area contributed by atoms with Gasteiger partial charge in [0.15, 0.2) is 11.5 Å². The van der Waals surface area contributed by atoms with Crippen molar-refractivity contribution in [3.63, 3.8) is 0 Å². The molecule has 0 radical (unpaired) electrons. The number of fused-ring (bicyclic) bond motifs is 1. The molecule has 1 aromatic rings. The Morgan fingerprint density at radius 2 is 1.90 bits per heavy atom. The van der Waals surface area contributed by atoms with Crippen molar-refractivity contribution in [3.05, 3.63) is 23.8 Å². The Morgan fingerprint density at radius 3 is 2.62 bits per heavy atom. The summed E-state index contributed by atoms with van der Waals surface area (Å²) in [4.78, 5) is 0. The zero-order valence-electron chi connectivity index (χ0n) is 12.0. The molecule has 3 nitrogen and oxygen atoms in total. The molecule has 21 heavy (non-hydrogen) atoms. The highest BCUT2D eigenvalue weighted by molar-refractivity contribution is 5.43. The van der Waals surface area contributed by atoms with E-state index >= 15 is 0 Å². The van der Waals surface area contributed by atoms with Crippen LogP contribution in [0, 0.1) is 0 Å². The molecule has 0 aliphatic carbocycles. The summed E-state index contributed by atoms with van der Waals surface area (Å²) in [6.07, 6.45) is -4.12. The summed E-state index contributed by atoms with van der Waals surface area (Å²) in [6.45, 7) is 3.59. The number of benzene rings is 1. The van der Waals surface area contributed by atoms with Crippen LogP contribution >= 0.6 is 0 Å². The number of nitrogens with one attached hydrogen (secondary N) is 1. The van der Waals surface area contributed by atoms with E-state index in [0.29, 0.717) is 26.2 Å². The first-order valence-corrected chi connectivity index (χ1v) is 7.13. The zero-order chi connectivity index (χ0) is 15.3. The van der Waals surface area contributed by atoms with E-state index in [1.165, 1.54) is 0 Å². The average Bonchev–Trinajstić information content (AvgIpc) is 2.43. The van der Waals surface area contributed by atoms with E-state index in [2.05, 4.69) is 5.32 Å². The normalized spacial score (nSPS) is 15.8. The summed E-state index contributed by atoms with van der Waals surface area (Å²) in [5, 5.41) is 3.23. The van der Waals surface area contributed by atoms with Gasteiger partial charge in [0, 0.05) is 19.0 Å². The number of alkyl halides is 3. The second kappa shape index (κ2) is 7.02. The molecule has 0 aromatic heterocycles. The summed E-state index contributed by atoms with van der Waals surface area (Å²) in [6, 6.07) is 5.74. The van der Waals surface area contributed by atoms with E-state index in [4.69, 9.17) is 9.47 Å². The molecule has 0 fully saturated rings. The first-order chi connectivity index (χ1) is 9.94. The Labute approximate surface area is 122 Å². The highest BCUT2D eigenvalue weighted by atomic mass is 19.4. The van der Waals surface area contributed by atoms with Crippen LogP contribution in [0.3, 0.4) is 0 Å². The van der Waals surface area contributed by atoms with Gasteiger partial charge in [-0.15, -0.1) is 0 Å². The third-order valence-electron chi connectivity index (χ3n) is 3.36. The standard InChI is InChI=1S/C15H20F3NO2/c1-11(3-2-6-15(16,17)18)19-10-12-4-5-13-14(9-12)21-8-7-20-13/h4-5,9,11,19H,2-3,6-8,10H2,1H3. The van der Waals surface area contributed by atoms with Gasteiger partial charge in [-0.1, -0.05) is 6.07 Å². The van der Waals surface area contributed by atoms with Gasteiger partial charge in [0.25, 0.3) is 0 Å². The number of halogens is 3. The predicted octanol–water partition coefficient (Wildman–Crippen LogP) is 3.67. The Morgan fingerprint density at radius 1 is 1.19 bits per heavy atom. The van der Waals surface area contributed by atoms with Crippen LogP contribution in [-0.4, -0.2) is 25.4 Å². The Kier molecular flexibility index (Phi) is 5.33. The molecule has 118 valence electrons. The van der Waals surface area contributed by atoms with Crippen LogP contribution in [0.5, 0.6) is 11.5 Å². The first kappa shape index (κ1) is 15.9. The number of rotatable bonds is 6. The van der Waals surface area contributed by atoms with Crippen molar-refractivity contribution in [2.75, 3.05) is 13.2 Å². The first-order valence-electron chi connectivity index (χ1n) is 7.13. The lowest BCUT2D eigenvalue weighted by molar-refractivity contribution is -0.135. The molecule has 1 N–H and O–H groups in total. The molecule has 1 aromatic carbocycles. The van der Waals surface area contributed by atoms with Gasteiger partial charge in [0.05, 0.1) is 0 Å². The third-order valence-corrected chi connectivity index (χ3v) is 3.36. The maximum absolute atomic E-state index is 12.1. The molecule has 0 saturated heterocycles. The second-order valence-electron chi connectivity index (χ2n) is 5.27. The fraction of sp³-hybridized carbons (Fsp3) is 0.600. The van der Waals surface area contributed by atoms with Crippen molar-refractivity contribution in [1.82, 2.24) is 5.32 Å². The van der Waals surface area contributed by atoms with E-state index in [1.807, 2.05) is 25.1 Å². The van der Waals surface area contributed by atoms with Gasteiger partial charge in [-0.05, 0) is 37.5 Å². The fourth-order valence-corrected chi connectivity index (χ4v) is 2.20. The topological polar surface area (TPSA) is 30.5 Å². The van der Waals surface area contributed by atoms with Crippen LogP contribution in [0.15, 0.2) is 18.2 Å². The Bertz CT molecular complexity index is 463. The minimum atomic E-state index is -4.06. The van der Waals surface area contributed by atoms with Crippen LogP contribution in [0.1, 0.15) is 31.7 Å². The molecule has 0 spiro atoms. The monoisotopic (exact) mass is 303 g/mol. The lowest BCUT2D eigenvalue weighted by Crippen LogP contribution is -2.26. The number of ether oxygens (including phenoxy) is 2. The number of hydrogen-bond donors (Lipinski definition) is 1. The van der Waals surface area contributed by atoms with Crippen LogP contribution < -0.4 is 14.8 Å². The summed E-state index contributed by atoms with van der Waals surface area (Å²) in [7, 11) is 0. The molecule has 0 bridgehead atoms. The number of hydrogen-bond acceptors (Lipinski definition) is 3. The molecule has 0 saturated carbocycles. The smallest absolute Gasteiger partial charge is 0.389 e. The van der Waals surface area contributed by atoms with Gasteiger partial charge < -0.3 is 14.8 Å². The summed E-state index contributed by atoms with van der Waals surface area (Å²) < 4.78 is 47.1. The van der Waals surface area contributed by atoms with Gasteiger partial charge in [-0.3, -0.25) is 0 Å². The van der Waals surface area contributed by atoms with Crippen LogP contribution in [0.25, 0.3) is 0 Å². The minimum absolute atomic E-state index is 0.0422. The third kappa shape index (κ3) is 5.46. The molecular formula is C15H20F3NO2. The Hall–Kier alpha value is -1.43. The molecule has 1 aliphatic rings. The molecule has 1 unspecified atom stereocenters. The summed E-state index contributed by atoms with van der Waals surface area (Å²) in [5.41, 5.74) is 1.03. The van der Waals surface area contributed by atoms with E-state index in [-0.39, 0.29) is 12.5 Å². The highest BCUT2D eigenvalue weighted by Crippen LogP contribution is 2.30. The molecule has 6 heteroatoms.